The Balaban J connectivity index is 1.67. The lowest BCUT2D eigenvalue weighted by Crippen LogP contribution is -2.46. The number of carbonyl (C=O) groups excluding carboxylic acids is 1. The second-order valence-electron chi connectivity index (χ2n) is 5.16. The molecule has 0 atom stereocenters. The first kappa shape index (κ1) is 15.7. The number of sulfonamides is 1. The molecule has 0 aromatic rings. The zero-order chi connectivity index (χ0) is 14.4. The summed E-state index contributed by atoms with van der Waals surface area (Å²) in [6.07, 6.45) is 1.53. The molecule has 0 radical (unpaired) electrons. The maximum absolute atomic E-state index is 11.8. The van der Waals surface area contributed by atoms with Gasteiger partial charge in [-0.1, -0.05) is 0 Å². The third-order valence-electron chi connectivity index (χ3n) is 3.63. The second kappa shape index (κ2) is 7.35. The van der Waals surface area contributed by atoms with Crippen molar-refractivity contribution >= 4 is 15.9 Å². The average molecular weight is 305 g/mol. The Morgan fingerprint density at radius 1 is 1.15 bits per heavy atom. The fraction of sp³-hybridized carbons (Fsp3) is 0.917. The molecule has 8 heteroatoms. The van der Waals surface area contributed by atoms with Crippen molar-refractivity contribution in [1.29, 1.82) is 0 Å². The molecule has 116 valence electrons. The van der Waals surface area contributed by atoms with E-state index in [1.807, 2.05) is 0 Å². The van der Waals surface area contributed by atoms with Crippen LogP contribution in [-0.2, 0) is 19.6 Å². The molecule has 20 heavy (non-hydrogen) atoms. The van der Waals surface area contributed by atoms with Gasteiger partial charge in [-0.3, -0.25) is 9.69 Å². The number of morpholine rings is 1. The van der Waals surface area contributed by atoms with E-state index in [0.717, 1.165) is 39.3 Å². The van der Waals surface area contributed by atoms with Crippen LogP contribution < -0.4 is 5.32 Å². The largest absolute Gasteiger partial charge is 0.379 e. The highest BCUT2D eigenvalue weighted by Gasteiger charge is 2.27. The molecule has 2 heterocycles. The summed E-state index contributed by atoms with van der Waals surface area (Å²) in [6, 6.07) is 0. The average Bonchev–Trinajstić information content (AvgIpc) is 2.42. The first-order valence-corrected chi connectivity index (χ1v) is 8.73. The maximum Gasteiger partial charge on any atom is 0.235 e. The van der Waals surface area contributed by atoms with Crippen LogP contribution >= 0.6 is 0 Å². The van der Waals surface area contributed by atoms with Crippen LogP contribution in [0.4, 0.5) is 0 Å². The Labute approximate surface area is 120 Å². The minimum Gasteiger partial charge on any atom is -0.379 e. The van der Waals surface area contributed by atoms with E-state index in [4.69, 9.17) is 4.74 Å². The van der Waals surface area contributed by atoms with Crippen molar-refractivity contribution in [3.8, 4) is 0 Å². The number of nitrogens with one attached hydrogen (secondary N) is 1. The summed E-state index contributed by atoms with van der Waals surface area (Å²) in [5, 5.41) is 2.79. The SMILES string of the molecule is O=C(CN1CCCCS1(=O)=O)NCCN1CCOCC1. The van der Waals surface area contributed by atoms with Crippen molar-refractivity contribution in [2.45, 2.75) is 12.8 Å². The van der Waals surface area contributed by atoms with E-state index < -0.39 is 10.0 Å². The van der Waals surface area contributed by atoms with Crippen molar-refractivity contribution in [3.05, 3.63) is 0 Å². The number of rotatable bonds is 5. The highest BCUT2D eigenvalue weighted by atomic mass is 32.2. The molecule has 0 aliphatic carbocycles. The van der Waals surface area contributed by atoms with Gasteiger partial charge in [0.25, 0.3) is 0 Å². The van der Waals surface area contributed by atoms with Crippen molar-refractivity contribution in [3.63, 3.8) is 0 Å². The Bertz CT molecular complexity index is 420. The van der Waals surface area contributed by atoms with Gasteiger partial charge in [-0.25, -0.2) is 8.42 Å². The van der Waals surface area contributed by atoms with Crippen molar-refractivity contribution in [2.24, 2.45) is 0 Å². The zero-order valence-corrected chi connectivity index (χ0v) is 12.5. The highest BCUT2D eigenvalue weighted by molar-refractivity contribution is 7.89. The first-order chi connectivity index (χ1) is 9.58. The summed E-state index contributed by atoms with van der Waals surface area (Å²) in [5.41, 5.74) is 0. The molecule has 2 rings (SSSR count). The highest BCUT2D eigenvalue weighted by Crippen LogP contribution is 2.12. The summed E-state index contributed by atoms with van der Waals surface area (Å²) in [5.74, 6) is -0.0580. The van der Waals surface area contributed by atoms with Crippen molar-refractivity contribution in [1.82, 2.24) is 14.5 Å². The number of ether oxygens (including phenoxy) is 1. The molecule has 7 nitrogen and oxygen atoms in total. The standard InChI is InChI=1S/C12H23N3O4S/c16-12(11-15-4-1-2-10-20(15,17)18)13-3-5-14-6-8-19-9-7-14/h1-11H2,(H,13,16). The van der Waals surface area contributed by atoms with Crippen LogP contribution in [0.2, 0.25) is 0 Å². The Hall–Kier alpha value is -0.700. The third-order valence-corrected chi connectivity index (χ3v) is 5.53. The lowest BCUT2D eigenvalue weighted by molar-refractivity contribution is -0.121. The number of hydrogen-bond acceptors (Lipinski definition) is 5. The van der Waals surface area contributed by atoms with Crippen LogP contribution in [0.3, 0.4) is 0 Å². The predicted molar refractivity (Wildman–Crippen MR) is 74.9 cm³/mol. The normalized spacial score (nSPS) is 24.4. The molecule has 0 unspecified atom stereocenters. The first-order valence-electron chi connectivity index (χ1n) is 7.12. The van der Waals surface area contributed by atoms with E-state index in [2.05, 4.69) is 10.2 Å². The maximum atomic E-state index is 11.8. The molecule has 2 saturated heterocycles. The van der Waals surface area contributed by atoms with Gasteiger partial charge in [0, 0.05) is 32.7 Å². The second-order valence-corrected chi connectivity index (χ2v) is 7.25. The summed E-state index contributed by atoms with van der Waals surface area (Å²) in [4.78, 5) is 14.0. The van der Waals surface area contributed by atoms with Crippen molar-refractivity contribution in [2.75, 3.05) is 58.2 Å². The fourth-order valence-corrected chi connectivity index (χ4v) is 3.96. The molecule has 0 saturated carbocycles. The molecule has 0 aromatic carbocycles. The fourth-order valence-electron chi connectivity index (χ4n) is 2.41. The van der Waals surface area contributed by atoms with Gasteiger partial charge in [0.1, 0.15) is 0 Å². The molecule has 1 N–H and O–H groups in total. The number of hydrogen-bond donors (Lipinski definition) is 1. The van der Waals surface area contributed by atoms with E-state index in [1.165, 1.54) is 4.31 Å². The van der Waals surface area contributed by atoms with Gasteiger partial charge < -0.3 is 10.1 Å². The van der Waals surface area contributed by atoms with Crippen LogP contribution in [0.5, 0.6) is 0 Å². The summed E-state index contributed by atoms with van der Waals surface area (Å²) in [6.45, 7) is 4.98. The minimum absolute atomic E-state index is 0.0502. The molecular formula is C12H23N3O4S. The number of amides is 1. The molecule has 2 aliphatic rings. The van der Waals surface area contributed by atoms with Crippen LogP contribution in [0, 0.1) is 0 Å². The van der Waals surface area contributed by atoms with Crippen LogP contribution in [0.25, 0.3) is 0 Å². The zero-order valence-electron chi connectivity index (χ0n) is 11.7. The van der Waals surface area contributed by atoms with E-state index in [-0.39, 0.29) is 18.2 Å². The third kappa shape index (κ3) is 4.69. The van der Waals surface area contributed by atoms with Crippen LogP contribution in [0.15, 0.2) is 0 Å². The molecular weight excluding hydrogens is 282 g/mol. The van der Waals surface area contributed by atoms with E-state index in [9.17, 15) is 13.2 Å². The van der Waals surface area contributed by atoms with Crippen LogP contribution in [-0.4, -0.2) is 81.8 Å². The molecule has 0 spiro atoms. The molecule has 1 amide bonds. The number of nitrogens with zero attached hydrogens (tertiary/aromatic N) is 2. The Kier molecular flexibility index (Phi) is 5.76. The van der Waals surface area contributed by atoms with Crippen molar-refractivity contribution < 1.29 is 17.9 Å². The quantitative estimate of drug-likeness (QED) is 0.695. The minimum atomic E-state index is -3.22. The van der Waals surface area contributed by atoms with Gasteiger partial charge >= 0.3 is 0 Å². The Morgan fingerprint density at radius 2 is 1.90 bits per heavy atom. The van der Waals surface area contributed by atoms with Crippen LogP contribution in [0.1, 0.15) is 12.8 Å². The van der Waals surface area contributed by atoms with Gasteiger partial charge in [0.15, 0.2) is 0 Å². The number of carbonyl (C=O) groups is 1. The smallest absolute Gasteiger partial charge is 0.235 e. The van der Waals surface area contributed by atoms with Gasteiger partial charge in [0.2, 0.25) is 15.9 Å². The lowest BCUT2D eigenvalue weighted by Gasteiger charge is -2.27. The summed E-state index contributed by atoms with van der Waals surface area (Å²) < 4.78 is 30.1. The van der Waals surface area contributed by atoms with Gasteiger partial charge in [-0.2, -0.15) is 4.31 Å². The monoisotopic (exact) mass is 305 g/mol. The Morgan fingerprint density at radius 3 is 2.60 bits per heavy atom. The van der Waals surface area contributed by atoms with Gasteiger partial charge in [-0.05, 0) is 12.8 Å². The summed E-state index contributed by atoms with van der Waals surface area (Å²) >= 11 is 0. The molecule has 0 aromatic heterocycles. The molecule has 2 aliphatic heterocycles. The lowest BCUT2D eigenvalue weighted by atomic mass is 10.3. The van der Waals surface area contributed by atoms with Gasteiger partial charge in [-0.15, -0.1) is 0 Å². The predicted octanol–water partition coefficient (Wildman–Crippen LogP) is -1.14. The van der Waals surface area contributed by atoms with E-state index >= 15 is 0 Å². The molecule has 0 bridgehead atoms. The van der Waals surface area contributed by atoms with E-state index in [0.29, 0.717) is 19.5 Å². The van der Waals surface area contributed by atoms with E-state index in [1.54, 1.807) is 0 Å². The summed E-state index contributed by atoms with van der Waals surface area (Å²) in [7, 11) is -3.22. The van der Waals surface area contributed by atoms with Gasteiger partial charge in [0.05, 0.1) is 25.5 Å². The topological polar surface area (TPSA) is 79.0 Å². The molecule has 2 fully saturated rings.